The molecule has 0 aliphatic carbocycles. The number of hydrogen-bond donors (Lipinski definition) is 0. The zero-order valence-electron chi connectivity index (χ0n) is 19.0. The number of benzene rings is 3. The van der Waals surface area contributed by atoms with Crippen LogP contribution in [0.2, 0.25) is 0 Å². The van der Waals surface area contributed by atoms with Crippen LogP contribution in [0.25, 0.3) is 10.2 Å². The second-order valence-corrected chi connectivity index (χ2v) is 8.89. The molecule has 0 spiro atoms. The maximum atomic E-state index is 14.1. The maximum Gasteiger partial charge on any atom is 0.240 e. The molecule has 0 radical (unpaired) electrons. The summed E-state index contributed by atoms with van der Waals surface area (Å²) in [5, 5.41) is 0.706. The van der Waals surface area contributed by atoms with Gasteiger partial charge >= 0.3 is 0 Å². The molecule has 7 heteroatoms. The van der Waals surface area contributed by atoms with Crippen molar-refractivity contribution in [1.82, 2.24) is 9.88 Å². The van der Waals surface area contributed by atoms with E-state index in [-0.39, 0.29) is 18.3 Å². The van der Waals surface area contributed by atoms with Crippen LogP contribution in [-0.2, 0) is 4.79 Å². The largest absolute Gasteiger partial charge is 0.497 e. The highest BCUT2D eigenvalue weighted by atomic mass is 35.5. The molecule has 1 heterocycles. The van der Waals surface area contributed by atoms with Crippen molar-refractivity contribution in [3.05, 3.63) is 90.0 Å². The number of carbonyl (C=O) groups is 1. The van der Waals surface area contributed by atoms with Crippen LogP contribution in [0.5, 0.6) is 5.75 Å². The Morgan fingerprint density at radius 3 is 2.09 bits per heavy atom. The third-order valence-corrected chi connectivity index (χ3v) is 6.42. The summed E-state index contributed by atoms with van der Waals surface area (Å²) in [5.74, 6) is 0.378. The van der Waals surface area contributed by atoms with Crippen LogP contribution in [0, 0.1) is 0 Å². The lowest BCUT2D eigenvalue weighted by molar-refractivity contribution is -0.119. The highest BCUT2D eigenvalue weighted by Crippen LogP contribution is 2.34. The summed E-state index contributed by atoms with van der Waals surface area (Å²) in [4.78, 5) is 22.8. The van der Waals surface area contributed by atoms with Crippen LogP contribution >= 0.6 is 23.7 Å². The lowest BCUT2D eigenvalue weighted by Crippen LogP contribution is -2.40. The van der Waals surface area contributed by atoms with Gasteiger partial charge < -0.3 is 9.64 Å². The van der Waals surface area contributed by atoms with Gasteiger partial charge in [0.1, 0.15) is 5.75 Å². The zero-order chi connectivity index (χ0) is 22.5. The lowest BCUT2D eigenvalue weighted by atomic mass is 9.90. The Morgan fingerprint density at radius 1 is 0.939 bits per heavy atom. The first-order valence-electron chi connectivity index (χ1n) is 10.6. The van der Waals surface area contributed by atoms with Gasteiger partial charge in [0, 0.05) is 19.2 Å². The van der Waals surface area contributed by atoms with Crippen molar-refractivity contribution in [3.8, 4) is 5.75 Å². The first-order valence-corrected chi connectivity index (χ1v) is 11.4. The van der Waals surface area contributed by atoms with Crippen LogP contribution < -0.4 is 9.64 Å². The number of nitrogens with zero attached hydrogens (tertiary/aromatic N) is 3. The number of aromatic nitrogens is 1. The van der Waals surface area contributed by atoms with Gasteiger partial charge in [-0.1, -0.05) is 72.0 Å². The molecule has 33 heavy (non-hydrogen) atoms. The number of hydrogen-bond acceptors (Lipinski definition) is 5. The number of halogens is 1. The van der Waals surface area contributed by atoms with E-state index in [4.69, 9.17) is 9.72 Å². The smallest absolute Gasteiger partial charge is 0.240 e. The Balaban J connectivity index is 0.00000306. The SMILES string of the molecule is COc1ccc2sc(N(CCN(C)C)C(=O)C(c3ccccc3)c3ccccc3)nc2c1.Cl. The number of thiazole rings is 1. The quantitative estimate of drug-likeness (QED) is 0.335. The average molecular weight is 482 g/mol. The molecular weight excluding hydrogens is 454 g/mol. The number of carbonyl (C=O) groups excluding carboxylic acids is 1. The number of amides is 1. The number of anilines is 1. The molecular formula is C26H28ClN3O2S. The summed E-state index contributed by atoms with van der Waals surface area (Å²) in [6, 6.07) is 25.8. The molecule has 0 unspecified atom stereocenters. The molecule has 4 aromatic rings. The van der Waals surface area contributed by atoms with E-state index in [1.807, 2.05) is 97.9 Å². The van der Waals surface area contributed by atoms with Gasteiger partial charge in [-0.25, -0.2) is 4.98 Å². The van der Waals surface area contributed by atoms with Gasteiger partial charge in [0.05, 0.1) is 23.2 Å². The Morgan fingerprint density at radius 2 is 1.55 bits per heavy atom. The fraction of sp³-hybridized carbons (Fsp3) is 0.231. The predicted molar refractivity (Wildman–Crippen MR) is 139 cm³/mol. The monoisotopic (exact) mass is 481 g/mol. The third-order valence-electron chi connectivity index (χ3n) is 5.36. The van der Waals surface area contributed by atoms with Crippen molar-refractivity contribution < 1.29 is 9.53 Å². The molecule has 0 aliphatic rings. The standard InChI is InChI=1S/C26H27N3O2S.ClH/c1-28(2)16-17-29(26-27-22-18-21(31-3)14-15-23(22)32-26)25(30)24(19-10-6-4-7-11-19)20-12-8-5-9-13-20;/h4-15,18,24H,16-17H2,1-3H3;1H. The van der Waals surface area contributed by atoms with Gasteiger partial charge in [-0.3, -0.25) is 9.69 Å². The predicted octanol–water partition coefficient (Wildman–Crippen LogP) is 5.45. The lowest BCUT2D eigenvalue weighted by Gasteiger charge is -2.27. The van der Waals surface area contributed by atoms with Crippen molar-refractivity contribution in [2.75, 3.05) is 39.2 Å². The molecule has 0 bridgehead atoms. The first kappa shape index (κ1) is 24.7. The van der Waals surface area contributed by atoms with Gasteiger partial charge in [0.25, 0.3) is 0 Å². The maximum absolute atomic E-state index is 14.1. The van der Waals surface area contributed by atoms with E-state index in [9.17, 15) is 4.79 Å². The third kappa shape index (κ3) is 5.71. The number of ether oxygens (including phenoxy) is 1. The second kappa shape index (κ2) is 11.3. The van der Waals surface area contributed by atoms with E-state index in [2.05, 4.69) is 4.90 Å². The van der Waals surface area contributed by atoms with Crippen molar-refractivity contribution in [2.24, 2.45) is 0 Å². The molecule has 5 nitrogen and oxygen atoms in total. The molecule has 0 fully saturated rings. The van der Waals surface area contributed by atoms with Crippen molar-refractivity contribution >= 4 is 45.0 Å². The molecule has 1 amide bonds. The molecule has 0 saturated carbocycles. The Bertz CT molecular complexity index is 1140. The normalized spacial score (nSPS) is 10.9. The summed E-state index contributed by atoms with van der Waals surface area (Å²) in [5.41, 5.74) is 2.78. The molecule has 172 valence electrons. The van der Waals surface area contributed by atoms with Gasteiger partial charge in [0.2, 0.25) is 5.91 Å². The summed E-state index contributed by atoms with van der Waals surface area (Å²) >= 11 is 1.53. The molecule has 0 N–H and O–H groups in total. The minimum atomic E-state index is -0.402. The molecule has 1 aromatic heterocycles. The van der Waals surface area contributed by atoms with Gasteiger partial charge in [0.15, 0.2) is 5.13 Å². The van der Waals surface area contributed by atoms with E-state index in [0.717, 1.165) is 33.6 Å². The Kier molecular flexibility index (Phi) is 8.44. The number of likely N-dealkylation sites (N-methyl/N-ethyl adjacent to an activating group) is 1. The van der Waals surface area contributed by atoms with Crippen molar-refractivity contribution in [3.63, 3.8) is 0 Å². The van der Waals surface area contributed by atoms with E-state index in [1.165, 1.54) is 11.3 Å². The highest BCUT2D eigenvalue weighted by molar-refractivity contribution is 7.22. The minimum absolute atomic E-state index is 0. The topological polar surface area (TPSA) is 45.7 Å². The van der Waals surface area contributed by atoms with Crippen LogP contribution in [0.4, 0.5) is 5.13 Å². The van der Waals surface area contributed by atoms with Crippen molar-refractivity contribution in [1.29, 1.82) is 0 Å². The van der Waals surface area contributed by atoms with Gasteiger partial charge in [-0.05, 0) is 37.4 Å². The molecule has 0 atom stereocenters. The molecule has 0 saturated heterocycles. The molecule has 4 rings (SSSR count). The Hall–Kier alpha value is -2.93. The summed E-state index contributed by atoms with van der Waals surface area (Å²) < 4.78 is 6.38. The Labute approximate surface area is 205 Å². The second-order valence-electron chi connectivity index (χ2n) is 7.88. The number of methoxy groups -OCH3 is 1. The zero-order valence-corrected chi connectivity index (χ0v) is 20.6. The van der Waals surface area contributed by atoms with Crippen LogP contribution in [0.1, 0.15) is 17.0 Å². The average Bonchev–Trinajstić information content (AvgIpc) is 3.23. The minimum Gasteiger partial charge on any atom is -0.497 e. The van der Waals surface area contributed by atoms with Gasteiger partial charge in [-0.2, -0.15) is 0 Å². The summed E-state index contributed by atoms with van der Waals surface area (Å²) in [7, 11) is 5.67. The fourth-order valence-corrected chi connectivity index (χ4v) is 4.64. The summed E-state index contributed by atoms with van der Waals surface area (Å²) in [6.07, 6.45) is 0. The van der Waals surface area contributed by atoms with Crippen LogP contribution in [-0.4, -0.2) is 50.1 Å². The van der Waals surface area contributed by atoms with Crippen LogP contribution in [0.15, 0.2) is 78.9 Å². The first-order chi connectivity index (χ1) is 15.6. The van der Waals surface area contributed by atoms with E-state index in [0.29, 0.717) is 11.7 Å². The number of rotatable bonds is 8. The van der Waals surface area contributed by atoms with E-state index < -0.39 is 5.92 Å². The van der Waals surface area contributed by atoms with E-state index in [1.54, 1.807) is 7.11 Å². The molecule has 0 aliphatic heterocycles. The summed E-state index contributed by atoms with van der Waals surface area (Å²) in [6.45, 7) is 1.29. The van der Waals surface area contributed by atoms with Gasteiger partial charge in [-0.15, -0.1) is 12.4 Å². The highest BCUT2D eigenvalue weighted by Gasteiger charge is 2.30. The van der Waals surface area contributed by atoms with E-state index >= 15 is 0 Å². The fourth-order valence-electron chi connectivity index (χ4n) is 3.66. The van der Waals surface area contributed by atoms with Crippen molar-refractivity contribution in [2.45, 2.75) is 5.92 Å². The number of fused-ring (bicyclic) bond motifs is 1. The van der Waals surface area contributed by atoms with Crippen LogP contribution in [0.3, 0.4) is 0 Å². The molecule has 3 aromatic carbocycles.